The molecule has 0 aromatic carbocycles. The summed E-state index contributed by atoms with van der Waals surface area (Å²) in [7, 11) is 0. The van der Waals surface area contributed by atoms with Crippen LogP contribution in [0.5, 0.6) is 0 Å². The van der Waals surface area contributed by atoms with Gasteiger partial charge in [-0.25, -0.2) is 14.6 Å². The molecule has 0 saturated heterocycles. The number of tetrazole rings is 1. The number of halogens is 2. The lowest BCUT2D eigenvalue weighted by molar-refractivity contribution is 0.00652. The van der Waals surface area contributed by atoms with Gasteiger partial charge in [0.25, 0.3) is 0 Å². The zero-order valence-corrected chi connectivity index (χ0v) is 14.5. The minimum Gasteiger partial charge on any atom is -0.388 e. The second-order valence-corrected chi connectivity index (χ2v) is 6.55. The first-order chi connectivity index (χ1) is 12.0. The second kappa shape index (κ2) is 6.13. The van der Waals surface area contributed by atoms with Crippen LogP contribution >= 0.6 is 23.2 Å². The molecule has 0 spiro atoms. The molecule has 3 aromatic rings. The SMILES string of the molecule is CCc1nnnn1[C@H]1C[C@@H](n2cnc3c(Cl)nc(Cl)nc32)[C@H](O)[C@@H]1O. The lowest BCUT2D eigenvalue weighted by atomic mass is 10.2. The monoisotopic (exact) mass is 384 g/mol. The summed E-state index contributed by atoms with van der Waals surface area (Å²) in [6, 6.07) is -0.948. The van der Waals surface area contributed by atoms with E-state index in [1.807, 2.05) is 6.92 Å². The average Bonchev–Trinajstić information content (AvgIpc) is 3.27. The first kappa shape index (κ1) is 16.6. The van der Waals surface area contributed by atoms with E-state index in [1.165, 1.54) is 6.33 Å². The van der Waals surface area contributed by atoms with Gasteiger partial charge >= 0.3 is 0 Å². The number of fused-ring (bicyclic) bond motifs is 1. The fourth-order valence-electron chi connectivity index (χ4n) is 3.31. The molecule has 1 saturated carbocycles. The molecule has 0 bridgehead atoms. The largest absolute Gasteiger partial charge is 0.388 e. The molecule has 3 heterocycles. The summed E-state index contributed by atoms with van der Waals surface area (Å²) < 4.78 is 3.21. The maximum Gasteiger partial charge on any atom is 0.225 e. The molecule has 12 heteroatoms. The van der Waals surface area contributed by atoms with E-state index in [-0.39, 0.29) is 10.4 Å². The third-order valence-electron chi connectivity index (χ3n) is 4.52. The Labute approximate surface area is 151 Å². The van der Waals surface area contributed by atoms with Gasteiger partial charge in [-0.1, -0.05) is 18.5 Å². The van der Waals surface area contributed by atoms with Gasteiger partial charge in [0.1, 0.15) is 17.7 Å². The third kappa shape index (κ3) is 2.56. The first-order valence-electron chi connectivity index (χ1n) is 7.69. The predicted molar refractivity (Wildman–Crippen MR) is 87.2 cm³/mol. The van der Waals surface area contributed by atoms with Gasteiger partial charge in [0.2, 0.25) is 5.28 Å². The molecule has 0 amide bonds. The summed E-state index contributed by atoms with van der Waals surface area (Å²) in [5.74, 6) is 0.640. The van der Waals surface area contributed by atoms with Crippen molar-refractivity contribution in [2.45, 2.75) is 44.1 Å². The van der Waals surface area contributed by atoms with Crippen LogP contribution in [0, 0.1) is 0 Å². The van der Waals surface area contributed by atoms with Crippen molar-refractivity contribution in [1.82, 2.24) is 39.7 Å². The summed E-state index contributed by atoms with van der Waals surface area (Å²) in [6.07, 6.45) is 0.423. The molecule has 0 unspecified atom stereocenters. The van der Waals surface area contributed by atoms with Crippen LogP contribution in [-0.4, -0.2) is 62.1 Å². The Morgan fingerprint density at radius 1 is 1.20 bits per heavy atom. The van der Waals surface area contributed by atoms with E-state index in [4.69, 9.17) is 23.2 Å². The lowest BCUT2D eigenvalue weighted by Gasteiger charge is -2.18. The molecule has 1 aliphatic carbocycles. The van der Waals surface area contributed by atoms with E-state index < -0.39 is 24.3 Å². The number of aliphatic hydroxyl groups excluding tert-OH is 2. The molecule has 10 nitrogen and oxygen atoms in total. The van der Waals surface area contributed by atoms with Gasteiger partial charge in [0.15, 0.2) is 16.6 Å². The molecule has 25 heavy (non-hydrogen) atoms. The van der Waals surface area contributed by atoms with Crippen molar-refractivity contribution in [1.29, 1.82) is 0 Å². The molecule has 0 aliphatic heterocycles. The van der Waals surface area contributed by atoms with Crippen LogP contribution in [0.3, 0.4) is 0 Å². The third-order valence-corrected chi connectivity index (χ3v) is 4.95. The van der Waals surface area contributed by atoms with Crippen LogP contribution in [0.4, 0.5) is 0 Å². The number of imidazole rings is 1. The van der Waals surface area contributed by atoms with Crippen molar-refractivity contribution in [3.63, 3.8) is 0 Å². The predicted octanol–water partition coefficient (Wildman–Crippen LogP) is 0.590. The highest BCUT2D eigenvalue weighted by atomic mass is 35.5. The number of nitrogens with zero attached hydrogens (tertiary/aromatic N) is 8. The van der Waals surface area contributed by atoms with E-state index in [1.54, 1.807) is 9.25 Å². The Balaban J connectivity index is 1.75. The van der Waals surface area contributed by atoms with E-state index in [2.05, 4.69) is 30.5 Å². The molecule has 2 N–H and O–H groups in total. The molecule has 3 aromatic heterocycles. The maximum atomic E-state index is 10.6. The highest BCUT2D eigenvalue weighted by molar-refractivity contribution is 6.35. The quantitative estimate of drug-likeness (QED) is 0.495. The fourth-order valence-corrected chi connectivity index (χ4v) is 3.73. The van der Waals surface area contributed by atoms with Gasteiger partial charge in [-0.2, -0.15) is 4.98 Å². The van der Waals surface area contributed by atoms with Crippen LogP contribution in [0.15, 0.2) is 6.33 Å². The van der Waals surface area contributed by atoms with Gasteiger partial charge in [0, 0.05) is 6.42 Å². The van der Waals surface area contributed by atoms with Gasteiger partial charge in [-0.05, 0) is 28.4 Å². The zero-order valence-electron chi connectivity index (χ0n) is 13.0. The number of rotatable bonds is 3. The minimum atomic E-state index is -1.05. The van der Waals surface area contributed by atoms with Crippen molar-refractivity contribution in [3.05, 3.63) is 22.6 Å². The fraction of sp³-hybridized carbons (Fsp3) is 0.538. The topological polar surface area (TPSA) is 128 Å². The Morgan fingerprint density at radius 2 is 1.96 bits per heavy atom. The van der Waals surface area contributed by atoms with Gasteiger partial charge in [0.05, 0.1) is 18.4 Å². The van der Waals surface area contributed by atoms with Gasteiger partial charge in [-0.3, -0.25) is 0 Å². The Morgan fingerprint density at radius 3 is 2.72 bits per heavy atom. The van der Waals surface area contributed by atoms with Crippen molar-refractivity contribution in [2.75, 3.05) is 0 Å². The van der Waals surface area contributed by atoms with Crippen LogP contribution in [0.25, 0.3) is 11.2 Å². The average molecular weight is 385 g/mol. The van der Waals surface area contributed by atoms with Crippen LogP contribution in [0.2, 0.25) is 10.4 Å². The van der Waals surface area contributed by atoms with Gasteiger partial charge in [-0.15, -0.1) is 5.10 Å². The first-order valence-corrected chi connectivity index (χ1v) is 8.45. The number of aryl methyl sites for hydroxylation is 1. The molecule has 1 aliphatic rings. The standard InChI is InChI=1S/C13H14Cl2N8O2/c1-2-7-19-20-21-23(7)6-3-5(9(24)10(6)25)22-4-16-8-11(14)17-13(15)18-12(8)22/h4-6,9-10,24-25H,2-3H2,1H3/t5-,6+,9+,10-/m1/s1. The lowest BCUT2D eigenvalue weighted by Crippen LogP contribution is -2.31. The Hall–Kier alpha value is -1.88. The van der Waals surface area contributed by atoms with Crippen LogP contribution in [-0.2, 0) is 6.42 Å². The Kier molecular flexibility index (Phi) is 4.07. The summed E-state index contributed by atoms with van der Waals surface area (Å²) in [6.45, 7) is 1.92. The molecule has 1 fully saturated rings. The van der Waals surface area contributed by atoms with E-state index in [0.29, 0.717) is 29.8 Å². The van der Waals surface area contributed by atoms with Gasteiger partial charge < -0.3 is 14.8 Å². The summed E-state index contributed by atoms with van der Waals surface area (Å²) >= 11 is 11.9. The van der Waals surface area contributed by atoms with Crippen LogP contribution in [0.1, 0.15) is 31.3 Å². The van der Waals surface area contributed by atoms with Crippen molar-refractivity contribution in [3.8, 4) is 0 Å². The van der Waals surface area contributed by atoms with E-state index in [0.717, 1.165) is 0 Å². The molecule has 132 valence electrons. The van der Waals surface area contributed by atoms with Crippen molar-refractivity contribution in [2.24, 2.45) is 0 Å². The van der Waals surface area contributed by atoms with Crippen LogP contribution < -0.4 is 0 Å². The Bertz CT molecular complexity index is 928. The molecule has 0 radical (unpaired) electrons. The molecular formula is C13H14Cl2N8O2. The van der Waals surface area contributed by atoms with E-state index >= 15 is 0 Å². The number of aromatic nitrogens is 8. The normalized spacial score (nSPS) is 26.6. The maximum absolute atomic E-state index is 10.6. The van der Waals surface area contributed by atoms with E-state index in [9.17, 15) is 10.2 Å². The van der Waals surface area contributed by atoms with Crippen molar-refractivity contribution < 1.29 is 10.2 Å². The zero-order chi connectivity index (χ0) is 17.7. The minimum absolute atomic E-state index is 0.0161. The molecular weight excluding hydrogens is 371 g/mol. The smallest absolute Gasteiger partial charge is 0.225 e. The highest BCUT2D eigenvalue weighted by Crippen LogP contribution is 2.40. The second-order valence-electron chi connectivity index (χ2n) is 5.85. The molecule has 4 atom stereocenters. The summed E-state index contributed by atoms with van der Waals surface area (Å²) in [5, 5.41) is 32.7. The summed E-state index contributed by atoms with van der Waals surface area (Å²) in [5.41, 5.74) is 0.780. The number of aliphatic hydroxyl groups is 2. The summed E-state index contributed by atoms with van der Waals surface area (Å²) in [4.78, 5) is 12.2. The number of hydrogen-bond acceptors (Lipinski definition) is 8. The highest BCUT2D eigenvalue weighted by Gasteiger charge is 2.45. The number of hydrogen-bond donors (Lipinski definition) is 2. The van der Waals surface area contributed by atoms with Crippen molar-refractivity contribution >= 4 is 34.4 Å². The molecule has 4 rings (SSSR count).